The van der Waals surface area contributed by atoms with Crippen LogP contribution in [0.5, 0.6) is 0 Å². The third-order valence-corrected chi connectivity index (χ3v) is 5.19. The molecule has 2 N–H and O–H groups in total. The molecule has 9 nitrogen and oxygen atoms in total. The maximum absolute atomic E-state index is 12.3. The zero-order valence-electron chi connectivity index (χ0n) is 16.9. The summed E-state index contributed by atoms with van der Waals surface area (Å²) in [7, 11) is 5.19. The van der Waals surface area contributed by atoms with Gasteiger partial charge in [-0.25, -0.2) is 9.59 Å². The van der Waals surface area contributed by atoms with Crippen LogP contribution in [0.3, 0.4) is 0 Å². The minimum atomic E-state index is -0.171. The summed E-state index contributed by atoms with van der Waals surface area (Å²) in [6.07, 6.45) is 2.97. The van der Waals surface area contributed by atoms with Gasteiger partial charge in [-0.1, -0.05) is 0 Å². The molecular weight excluding hydrogens is 350 g/mol. The number of carbonyl (C=O) groups excluding carboxylic acids is 2. The van der Waals surface area contributed by atoms with Gasteiger partial charge in [-0.2, -0.15) is 0 Å². The molecule has 2 aliphatic heterocycles. The molecule has 2 aliphatic rings. The van der Waals surface area contributed by atoms with Crippen molar-refractivity contribution in [3.05, 3.63) is 0 Å². The third-order valence-electron chi connectivity index (χ3n) is 5.19. The fraction of sp³-hybridized carbons (Fsp3) is 0.889. The zero-order chi connectivity index (χ0) is 19.6. The van der Waals surface area contributed by atoms with Crippen LogP contribution >= 0.6 is 0 Å². The van der Waals surface area contributed by atoms with Crippen molar-refractivity contribution in [3.63, 3.8) is 0 Å². The van der Waals surface area contributed by atoms with Gasteiger partial charge in [0.25, 0.3) is 0 Å². The number of methoxy groups -OCH3 is 1. The predicted octanol–water partition coefficient (Wildman–Crippen LogP) is 0.169. The van der Waals surface area contributed by atoms with Crippen LogP contribution in [0, 0.1) is 0 Å². The first-order chi connectivity index (χ1) is 13.0. The molecule has 4 amide bonds. The first-order valence-electron chi connectivity index (χ1n) is 9.83. The van der Waals surface area contributed by atoms with E-state index in [2.05, 4.69) is 15.5 Å². The lowest BCUT2D eigenvalue weighted by atomic mass is 10.0. The predicted molar refractivity (Wildman–Crippen MR) is 103 cm³/mol. The van der Waals surface area contributed by atoms with Crippen molar-refractivity contribution in [2.45, 2.75) is 31.3 Å². The second kappa shape index (κ2) is 11.3. The first kappa shape index (κ1) is 21.7. The monoisotopic (exact) mass is 385 g/mol. The highest BCUT2D eigenvalue weighted by Gasteiger charge is 2.34. The summed E-state index contributed by atoms with van der Waals surface area (Å²) in [5.74, 6) is 0. The quantitative estimate of drug-likeness (QED) is 0.582. The summed E-state index contributed by atoms with van der Waals surface area (Å²) in [5, 5.41) is 5.69. The molecule has 0 aromatic heterocycles. The number of hydrogen-bond donors (Lipinski definition) is 2. The number of urea groups is 2. The number of carbonyl (C=O) groups is 2. The van der Waals surface area contributed by atoms with Gasteiger partial charge >= 0.3 is 12.1 Å². The highest BCUT2D eigenvalue weighted by molar-refractivity contribution is 5.74. The molecule has 0 aromatic carbocycles. The molecule has 0 aliphatic carbocycles. The Kier molecular flexibility index (Phi) is 9.09. The van der Waals surface area contributed by atoms with Gasteiger partial charge in [-0.05, 0) is 19.3 Å². The average Bonchev–Trinajstić information content (AvgIpc) is 3.15. The smallest absolute Gasteiger partial charge is 0.319 e. The van der Waals surface area contributed by atoms with E-state index in [9.17, 15) is 9.59 Å². The van der Waals surface area contributed by atoms with Gasteiger partial charge in [0.15, 0.2) is 0 Å². The van der Waals surface area contributed by atoms with Crippen LogP contribution in [-0.2, 0) is 9.47 Å². The average molecular weight is 386 g/mol. The van der Waals surface area contributed by atoms with Crippen molar-refractivity contribution in [2.75, 3.05) is 73.7 Å². The Bertz CT molecular complexity index is 471. The summed E-state index contributed by atoms with van der Waals surface area (Å²) >= 11 is 0. The van der Waals surface area contributed by atoms with Gasteiger partial charge in [-0.15, -0.1) is 0 Å². The molecule has 2 rings (SSSR count). The normalized spacial score (nSPS) is 20.7. The molecule has 0 aromatic rings. The summed E-state index contributed by atoms with van der Waals surface area (Å²) in [6, 6.07) is 0.668. The molecule has 0 bridgehead atoms. The summed E-state index contributed by atoms with van der Waals surface area (Å²) in [4.78, 5) is 30.1. The molecule has 0 saturated carbocycles. The fourth-order valence-corrected chi connectivity index (χ4v) is 3.78. The van der Waals surface area contributed by atoms with Gasteiger partial charge in [0, 0.05) is 79.2 Å². The molecule has 2 fully saturated rings. The van der Waals surface area contributed by atoms with Crippen molar-refractivity contribution >= 4 is 12.1 Å². The Hall–Kier alpha value is -1.58. The molecule has 1 unspecified atom stereocenters. The number of rotatable bonds is 8. The zero-order valence-corrected chi connectivity index (χ0v) is 16.9. The second-order valence-corrected chi connectivity index (χ2v) is 7.32. The summed E-state index contributed by atoms with van der Waals surface area (Å²) in [6.45, 7) is 5.43. The molecule has 0 spiro atoms. The van der Waals surface area contributed by atoms with Crippen molar-refractivity contribution in [3.8, 4) is 0 Å². The lowest BCUT2D eigenvalue weighted by molar-refractivity contribution is 0.0191. The van der Waals surface area contributed by atoms with Crippen molar-refractivity contribution in [2.24, 2.45) is 0 Å². The molecular formula is C18H35N5O4. The number of nitrogens with zero attached hydrogens (tertiary/aromatic N) is 3. The SMILES string of the molecule is COCCNC(=O)NCCN(C1CCOCC1)C1CCN(C(=O)N(C)C)C1. The molecule has 2 saturated heterocycles. The number of hydrogen-bond acceptors (Lipinski definition) is 5. The van der Waals surface area contributed by atoms with Crippen LogP contribution in [-0.4, -0.2) is 113 Å². The van der Waals surface area contributed by atoms with Gasteiger partial charge in [-0.3, -0.25) is 4.90 Å². The number of nitrogens with one attached hydrogen (secondary N) is 2. The summed E-state index contributed by atoms with van der Waals surface area (Å²) in [5.41, 5.74) is 0. The molecule has 0 radical (unpaired) electrons. The maximum atomic E-state index is 12.3. The minimum absolute atomic E-state index is 0.0695. The van der Waals surface area contributed by atoms with E-state index in [0.717, 1.165) is 52.1 Å². The first-order valence-corrected chi connectivity index (χ1v) is 9.83. The topological polar surface area (TPSA) is 86.4 Å². The summed E-state index contributed by atoms with van der Waals surface area (Å²) < 4.78 is 10.4. The van der Waals surface area contributed by atoms with Crippen LogP contribution in [0.2, 0.25) is 0 Å². The lowest BCUT2D eigenvalue weighted by Gasteiger charge is -2.38. The Morgan fingerprint density at radius 1 is 1.11 bits per heavy atom. The Labute approximate surface area is 162 Å². The van der Waals surface area contributed by atoms with Gasteiger partial charge < -0.3 is 29.9 Å². The van der Waals surface area contributed by atoms with Crippen molar-refractivity contribution in [1.29, 1.82) is 0 Å². The third kappa shape index (κ3) is 6.82. The number of ether oxygens (including phenoxy) is 2. The van der Waals surface area contributed by atoms with Crippen LogP contribution in [0.1, 0.15) is 19.3 Å². The van der Waals surface area contributed by atoms with Crippen LogP contribution < -0.4 is 10.6 Å². The largest absolute Gasteiger partial charge is 0.383 e. The Morgan fingerprint density at radius 3 is 2.48 bits per heavy atom. The van der Waals surface area contributed by atoms with Crippen LogP contribution in [0.25, 0.3) is 0 Å². The van der Waals surface area contributed by atoms with Gasteiger partial charge in [0.1, 0.15) is 0 Å². The van der Waals surface area contributed by atoms with Crippen molar-refractivity contribution in [1.82, 2.24) is 25.3 Å². The van der Waals surface area contributed by atoms with Gasteiger partial charge in [0.05, 0.1) is 6.61 Å². The van der Waals surface area contributed by atoms with E-state index in [4.69, 9.17) is 9.47 Å². The molecule has 156 valence electrons. The maximum Gasteiger partial charge on any atom is 0.319 e. The minimum Gasteiger partial charge on any atom is -0.383 e. The van der Waals surface area contributed by atoms with E-state index >= 15 is 0 Å². The van der Waals surface area contributed by atoms with Gasteiger partial charge in [0.2, 0.25) is 0 Å². The highest BCUT2D eigenvalue weighted by Crippen LogP contribution is 2.23. The van der Waals surface area contributed by atoms with E-state index in [1.807, 2.05) is 4.90 Å². The van der Waals surface area contributed by atoms with E-state index in [1.54, 1.807) is 26.1 Å². The Morgan fingerprint density at radius 2 is 1.81 bits per heavy atom. The highest BCUT2D eigenvalue weighted by atomic mass is 16.5. The Balaban J connectivity index is 1.86. The second-order valence-electron chi connectivity index (χ2n) is 7.32. The molecule has 2 heterocycles. The molecule has 1 atom stereocenters. The van der Waals surface area contributed by atoms with Crippen LogP contribution in [0.4, 0.5) is 9.59 Å². The standard InChI is InChI=1S/C18H35N5O4/c1-21(2)18(25)22-9-4-16(14-22)23(15-5-11-27-12-6-15)10-7-19-17(24)20-8-13-26-3/h15-16H,4-14H2,1-3H3,(H2,19,20,24). The molecule has 27 heavy (non-hydrogen) atoms. The van der Waals surface area contributed by atoms with E-state index in [-0.39, 0.29) is 12.1 Å². The van der Waals surface area contributed by atoms with Crippen molar-refractivity contribution < 1.29 is 19.1 Å². The molecule has 9 heteroatoms. The lowest BCUT2D eigenvalue weighted by Crippen LogP contribution is -2.51. The van der Waals surface area contributed by atoms with Crippen LogP contribution in [0.15, 0.2) is 0 Å². The van der Waals surface area contributed by atoms with E-state index < -0.39 is 0 Å². The van der Waals surface area contributed by atoms with E-state index in [0.29, 0.717) is 31.8 Å². The van der Waals surface area contributed by atoms with E-state index in [1.165, 1.54) is 0 Å². The fourth-order valence-electron chi connectivity index (χ4n) is 3.78. The number of likely N-dealkylation sites (tertiary alicyclic amines) is 1. The number of amides is 4.